The number of ether oxygens (including phenoxy) is 1. The molecule has 0 fully saturated rings. The maximum absolute atomic E-state index is 5.12. The summed E-state index contributed by atoms with van der Waals surface area (Å²) < 4.78 is 5.12. The van der Waals surface area contributed by atoms with Crippen LogP contribution in [0.25, 0.3) is 0 Å². The van der Waals surface area contributed by atoms with Crippen molar-refractivity contribution in [2.75, 3.05) is 20.2 Å². The van der Waals surface area contributed by atoms with Crippen LogP contribution in [0.5, 0.6) is 5.75 Å². The topological polar surface area (TPSA) is 59.6 Å². The van der Waals surface area contributed by atoms with E-state index in [9.17, 15) is 0 Å². The van der Waals surface area contributed by atoms with E-state index in [-0.39, 0.29) is 0 Å². The smallest absolute Gasteiger partial charge is 0.367 e. The molecule has 0 unspecified atom stereocenters. The number of nitrogens with zero attached hydrogens (tertiary/aromatic N) is 1. The minimum Gasteiger partial charge on any atom is -0.497 e. The monoisotopic (exact) mass is 247 g/mol. The summed E-state index contributed by atoms with van der Waals surface area (Å²) in [5, 5.41) is 7.55. The van der Waals surface area contributed by atoms with Gasteiger partial charge in [-0.2, -0.15) is 5.43 Å². The first-order valence-corrected chi connectivity index (χ1v) is 6.09. The summed E-state index contributed by atoms with van der Waals surface area (Å²) >= 11 is 0. The van der Waals surface area contributed by atoms with Gasteiger partial charge >= 0.3 is 5.96 Å². The van der Waals surface area contributed by atoms with Gasteiger partial charge in [0.25, 0.3) is 0 Å². The van der Waals surface area contributed by atoms with Crippen LogP contribution in [0, 0.1) is 0 Å². The number of benzene rings is 1. The van der Waals surface area contributed by atoms with E-state index in [1.54, 1.807) is 7.11 Å². The molecule has 5 heteroatoms. The molecular weight excluding hydrogens is 228 g/mol. The van der Waals surface area contributed by atoms with Gasteiger partial charge in [0, 0.05) is 6.42 Å². The molecule has 1 aliphatic heterocycles. The van der Waals surface area contributed by atoms with Crippen LogP contribution in [0.4, 0.5) is 0 Å². The van der Waals surface area contributed by atoms with Gasteiger partial charge in [-0.1, -0.05) is 0 Å². The fourth-order valence-corrected chi connectivity index (χ4v) is 1.69. The SMILES string of the molecule is COc1ccc(C(C)=NNC2=[NH+]CCCN2)cc1. The quantitative estimate of drug-likeness (QED) is 0.496. The summed E-state index contributed by atoms with van der Waals surface area (Å²) in [5.74, 6) is 1.72. The van der Waals surface area contributed by atoms with E-state index >= 15 is 0 Å². The molecule has 1 aromatic carbocycles. The first-order valence-electron chi connectivity index (χ1n) is 6.09. The summed E-state index contributed by atoms with van der Waals surface area (Å²) in [6, 6.07) is 7.84. The van der Waals surface area contributed by atoms with Gasteiger partial charge in [-0.15, -0.1) is 5.10 Å². The van der Waals surface area contributed by atoms with Gasteiger partial charge in [0.15, 0.2) is 0 Å². The Labute approximate surface area is 107 Å². The summed E-state index contributed by atoms with van der Waals surface area (Å²) in [4.78, 5) is 3.21. The Balaban J connectivity index is 2.00. The minimum absolute atomic E-state index is 0.851. The normalized spacial score (nSPS) is 15.7. The van der Waals surface area contributed by atoms with E-state index < -0.39 is 0 Å². The Hall–Kier alpha value is -2.04. The van der Waals surface area contributed by atoms with Crippen molar-refractivity contribution in [3.63, 3.8) is 0 Å². The number of nitrogens with one attached hydrogen (secondary N) is 3. The first kappa shape index (κ1) is 12.4. The molecule has 0 aromatic heterocycles. The highest BCUT2D eigenvalue weighted by Gasteiger charge is 2.09. The van der Waals surface area contributed by atoms with Crippen LogP contribution < -0.4 is 20.5 Å². The van der Waals surface area contributed by atoms with Gasteiger partial charge < -0.3 is 4.74 Å². The van der Waals surface area contributed by atoms with Crippen molar-refractivity contribution in [2.24, 2.45) is 5.10 Å². The maximum atomic E-state index is 5.12. The molecule has 3 N–H and O–H groups in total. The Morgan fingerprint density at radius 3 is 2.78 bits per heavy atom. The lowest BCUT2D eigenvalue weighted by atomic mass is 10.1. The molecule has 0 spiro atoms. The summed E-state index contributed by atoms with van der Waals surface area (Å²) in [6.07, 6.45) is 1.13. The third kappa shape index (κ3) is 3.23. The number of hydrazone groups is 1. The molecule has 0 bridgehead atoms. The van der Waals surface area contributed by atoms with Crippen molar-refractivity contribution in [1.29, 1.82) is 0 Å². The second kappa shape index (κ2) is 6.05. The number of rotatable bonds is 3. The van der Waals surface area contributed by atoms with Crippen LogP contribution in [-0.2, 0) is 0 Å². The zero-order chi connectivity index (χ0) is 12.8. The molecule has 0 saturated carbocycles. The van der Waals surface area contributed by atoms with Crippen LogP contribution in [-0.4, -0.2) is 31.9 Å². The average molecular weight is 247 g/mol. The Kier molecular flexibility index (Phi) is 4.17. The average Bonchev–Trinajstić information content (AvgIpc) is 2.46. The van der Waals surface area contributed by atoms with Gasteiger partial charge in [0.1, 0.15) is 5.75 Å². The highest BCUT2D eigenvalue weighted by molar-refractivity contribution is 5.99. The largest absolute Gasteiger partial charge is 0.497 e. The van der Waals surface area contributed by atoms with E-state index in [4.69, 9.17) is 4.74 Å². The molecule has 96 valence electrons. The predicted molar refractivity (Wildman–Crippen MR) is 71.8 cm³/mol. The molecule has 1 aromatic rings. The van der Waals surface area contributed by atoms with Gasteiger partial charge in [-0.25, -0.2) is 0 Å². The van der Waals surface area contributed by atoms with Crippen LogP contribution in [0.3, 0.4) is 0 Å². The number of hydrogen-bond acceptors (Lipinski definition) is 4. The molecule has 0 atom stereocenters. The van der Waals surface area contributed by atoms with Crippen molar-refractivity contribution >= 4 is 11.7 Å². The third-order valence-corrected chi connectivity index (χ3v) is 2.80. The second-order valence-corrected chi connectivity index (χ2v) is 4.12. The molecule has 2 rings (SSSR count). The highest BCUT2D eigenvalue weighted by Crippen LogP contribution is 2.11. The molecule has 1 aliphatic rings. The van der Waals surface area contributed by atoms with Crippen molar-refractivity contribution in [3.05, 3.63) is 29.8 Å². The Morgan fingerprint density at radius 2 is 2.17 bits per heavy atom. The van der Waals surface area contributed by atoms with Crippen molar-refractivity contribution < 1.29 is 9.73 Å². The van der Waals surface area contributed by atoms with Crippen molar-refractivity contribution in [2.45, 2.75) is 13.3 Å². The van der Waals surface area contributed by atoms with Gasteiger partial charge in [-0.05, 0) is 36.8 Å². The minimum atomic E-state index is 0.851. The van der Waals surface area contributed by atoms with Gasteiger partial charge in [-0.3, -0.25) is 10.3 Å². The van der Waals surface area contributed by atoms with Crippen molar-refractivity contribution in [3.8, 4) is 5.75 Å². The lowest BCUT2D eigenvalue weighted by Crippen LogP contribution is -2.81. The number of methoxy groups -OCH3 is 1. The van der Waals surface area contributed by atoms with E-state index in [1.807, 2.05) is 31.2 Å². The van der Waals surface area contributed by atoms with Crippen LogP contribution in [0.15, 0.2) is 29.4 Å². The zero-order valence-electron chi connectivity index (χ0n) is 10.8. The van der Waals surface area contributed by atoms with E-state index in [2.05, 4.69) is 20.8 Å². The fraction of sp³-hybridized carbons (Fsp3) is 0.385. The lowest BCUT2D eigenvalue weighted by Gasteiger charge is -2.07. The zero-order valence-corrected chi connectivity index (χ0v) is 10.8. The first-order chi connectivity index (χ1) is 8.79. The van der Waals surface area contributed by atoms with Gasteiger partial charge in [0.2, 0.25) is 0 Å². The fourth-order valence-electron chi connectivity index (χ4n) is 1.69. The molecule has 0 amide bonds. The van der Waals surface area contributed by atoms with E-state index in [0.29, 0.717) is 0 Å². The van der Waals surface area contributed by atoms with Crippen LogP contribution in [0.2, 0.25) is 0 Å². The van der Waals surface area contributed by atoms with E-state index in [1.165, 1.54) is 0 Å². The maximum Gasteiger partial charge on any atom is 0.367 e. The summed E-state index contributed by atoms with van der Waals surface area (Å²) in [5.41, 5.74) is 5.00. The second-order valence-electron chi connectivity index (χ2n) is 4.12. The number of hydrogen-bond donors (Lipinski definition) is 3. The Bertz CT molecular complexity index is 451. The van der Waals surface area contributed by atoms with E-state index in [0.717, 1.165) is 42.5 Å². The molecule has 18 heavy (non-hydrogen) atoms. The van der Waals surface area contributed by atoms with Crippen LogP contribution in [0.1, 0.15) is 18.9 Å². The molecule has 5 nitrogen and oxygen atoms in total. The molecule has 0 aliphatic carbocycles. The highest BCUT2D eigenvalue weighted by atomic mass is 16.5. The summed E-state index contributed by atoms with van der Waals surface area (Å²) in [7, 11) is 1.66. The van der Waals surface area contributed by atoms with Crippen LogP contribution >= 0.6 is 0 Å². The number of guanidine groups is 1. The molecule has 0 saturated heterocycles. The Morgan fingerprint density at radius 1 is 1.39 bits per heavy atom. The van der Waals surface area contributed by atoms with Crippen molar-refractivity contribution in [1.82, 2.24) is 10.7 Å². The molecular formula is C13H19N4O+. The third-order valence-electron chi connectivity index (χ3n) is 2.80. The van der Waals surface area contributed by atoms with Gasteiger partial charge in [0.05, 0.1) is 25.9 Å². The molecule has 0 radical (unpaired) electrons. The standard InChI is InChI=1S/C13H18N4O/c1-10(11-4-6-12(18-2)7-5-11)16-17-13-14-8-3-9-15-13/h4-7H,3,8-9H2,1-2H3,(H2,14,15,17)/p+1. The predicted octanol–water partition coefficient (Wildman–Crippen LogP) is -0.561. The molecule has 1 heterocycles. The lowest BCUT2D eigenvalue weighted by molar-refractivity contribution is -0.466. The summed E-state index contributed by atoms with van der Waals surface area (Å²) in [6.45, 7) is 3.93.